The summed E-state index contributed by atoms with van der Waals surface area (Å²) in [6.45, 7) is 3.11. The molecule has 0 aromatic carbocycles. The van der Waals surface area contributed by atoms with Crippen molar-refractivity contribution in [1.82, 2.24) is 4.90 Å². The molecule has 0 radical (unpaired) electrons. The topological polar surface area (TPSA) is 57.6 Å². The molecule has 2 aliphatic heterocycles. The maximum absolute atomic E-state index is 12.4. The Hall–Kier alpha value is -0.710. The normalized spacial score (nSPS) is 33.7. The zero-order valence-electron chi connectivity index (χ0n) is 10.1. The van der Waals surface area contributed by atoms with Crippen LogP contribution in [0.2, 0.25) is 0 Å². The van der Waals surface area contributed by atoms with Crippen LogP contribution < -0.4 is 0 Å². The third-order valence-corrected chi connectivity index (χ3v) is 5.24. The van der Waals surface area contributed by atoms with E-state index in [1.165, 1.54) is 0 Å². The molecule has 1 amide bonds. The summed E-state index contributed by atoms with van der Waals surface area (Å²) in [7, 11) is 0. The van der Waals surface area contributed by atoms with E-state index in [1.807, 2.05) is 6.92 Å². The van der Waals surface area contributed by atoms with E-state index in [-0.39, 0.29) is 16.6 Å². The molecule has 0 spiro atoms. The monoisotopic (exact) mass is 257 g/mol. The van der Waals surface area contributed by atoms with E-state index in [1.54, 1.807) is 16.7 Å². The maximum atomic E-state index is 12.4. The summed E-state index contributed by atoms with van der Waals surface area (Å²) < 4.78 is -0.305. The van der Waals surface area contributed by atoms with Crippen molar-refractivity contribution in [3.8, 4) is 0 Å². The summed E-state index contributed by atoms with van der Waals surface area (Å²) in [5.74, 6) is 0.0405. The Labute approximate surface area is 106 Å². The molecule has 2 fully saturated rings. The third-order valence-electron chi connectivity index (χ3n) is 3.73. The number of hydrogen-bond acceptors (Lipinski definition) is 3. The van der Waals surface area contributed by atoms with Crippen LogP contribution in [-0.2, 0) is 9.59 Å². The molecule has 96 valence electrons. The summed E-state index contributed by atoms with van der Waals surface area (Å²) in [5.41, 5.74) is 0. The summed E-state index contributed by atoms with van der Waals surface area (Å²) in [6, 6.07) is 0. The number of thioether (sulfide) groups is 1. The number of likely N-dealkylation sites (tertiary alicyclic amines) is 1. The molecular formula is C12H19NO3S. The fraction of sp³-hybridized carbons (Fsp3) is 0.833. The second-order valence-corrected chi connectivity index (χ2v) is 6.71. The van der Waals surface area contributed by atoms with E-state index in [0.717, 1.165) is 31.6 Å². The summed E-state index contributed by atoms with van der Waals surface area (Å²) in [6.07, 6.45) is 3.51. The van der Waals surface area contributed by atoms with Crippen molar-refractivity contribution >= 4 is 23.6 Å². The number of aliphatic carboxylic acids is 1. The first-order chi connectivity index (χ1) is 8.03. The van der Waals surface area contributed by atoms with Crippen molar-refractivity contribution < 1.29 is 14.7 Å². The molecule has 0 saturated carbocycles. The van der Waals surface area contributed by atoms with Crippen molar-refractivity contribution in [2.24, 2.45) is 5.92 Å². The zero-order chi connectivity index (χ0) is 12.5. The van der Waals surface area contributed by atoms with Gasteiger partial charge in [-0.2, -0.15) is 0 Å². The second kappa shape index (κ2) is 4.88. The van der Waals surface area contributed by atoms with Crippen LogP contribution in [0.25, 0.3) is 0 Å². The molecule has 2 saturated heterocycles. The second-order valence-electron chi connectivity index (χ2n) is 5.11. The van der Waals surface area contributed by atoms with E-state index < -0.39 is 5.97 Å². The van der Waals surface area contributed by atoms with Gasteiger partial charge in [0, 0.05) is 13.1 Å². The fourth-order valence-corrected chi connectivity index (χ4v) is 3.93. The van der Waals surface area contributed by atoms with Crippen LogP contribution in [0.5, 0.6) is 0 Å². The Morgan fingerprint density at radius 3 is 2.76 bits per heavy atom. The van der Waals surface area contributed by atoms with Crippen LogP contribution in [0.4, 0.5) is 0 Å². The molecule has 2 atom stereocenters. The average Bonchev–Trinajstić information content (AvgIpc) is 2.76. The van der Waals surface area contributed by atoms with Crippen molar-refractivity contribution in [2.45, 2.75) is 37.4 Å². The van der Waals surface area contributed by atoms with Crippen molar-refractivity contribution in [1.29, 1.82) is 0 Å². The number of amides is 1. The molecule has 17 heavy (non-hydrogen) atoms. The largest absolute Gasteiger partial charge is 0.481 e. The summed E-state index contributed by atoms with van der Waals surface area (Å²) in [5, 5.41) is 9.02. The Bertz CT molecular complexity index is 326. The van der Waals surface area contributed by atoms with Gasteiger partial charge in [-0.1, -0.05) is 0 Å². The molecular weight excluding hydrogens is 238 g/mol. The number of carbonyl (C=O) groups excluding carboxylic acids is 1. The summed E-state index contributed by atoms with van der Waals surface area (Å²) in [4.78, 5) is 25.1. The predicted molar refractivity (Wildman–Crippen MR) is 67.0 cm³/mol. The van der Waals surface area contributed by atoms with Crippen LogP contribution in [0.15, 0.2) is 0 Å². The first-order valence-corrected chi connectivity index (χ1v) is 7.18. The smallest absolute Gasteiger partial charge is 0.308 e. The van der Waals surface area contributed by atoms with Crippen LogP contribution in [0.3, 0.4) is 0 Å². The van der Waals surface area contributed by atoms with Crippen molar-refractivity contribution in [3.05, 3.63) is 0 Å². The number of carboxylic acid groups (broad SMARTS) is 1. The molecule has 2 heterocycles. The molecule has 0 aromatic rings. The number of carboxylic acids is 1. The van der Waals surface area contributed by atoms with Gasteiger partial charge in [0.25, 0.3) is 0 Å². The molecule has 1 N–H and O–H groups in total. The van der Waals surface area contributed by atoms with Gasteiger partial charge in [0.05, 0.1) is 10.7 Å². The highest BCUT2D eigenvalue weighted by Crippen LogP contribution is 2.39. The third kappa shape index (κ3) is 2.59. The number of rotatable bonds is 2. The van der Waals surface area contributed by atoms with E-state index in [9.17, 15) is 9.59 Å². The lowest BCUT2D eigenvalue weighted by atomic mass is 9.96. The van der Waals surface area contributed by atoms with Gasteiger partial charge < -0.3 is 10.0 Å². The minimum absolute atomic E-state index is 0.144. The standard InChI is InChI=1S/C12H19NO3S/c1-12(5-3-7-17-12)11(16)13-6-2-4-9(8-13)10(14)15/h9H,2-8H2,1H3,(H,14,15)/t9-,12?/m0/s1. The highest BCUT2D eigenvalue weighted by Gasteiger charge is 2.41. The predicted octanol–water partition coefficient (Wildman–Crippen LogP) is 1.60. The van der Waals surface area contributed by atoms with Gasteiger partial charge in [-0.3, -0.25) is 9.59 Å². The number of carbonyl (C=O) groups is 2. The minimum Gasteiger partial charge on any atom is -0.481 e. The van der Waals surface area contributed by atoms with Gasteiger partial charge in [0.1, 0.15) is 0 Å². The molecule has 0 aromatic heterocycles. The maximum Gasteiger partial charge on any atom is 0.308 e. The number of hydrogen-bond donors (Lipinski definition) is 1. The molecule has 2 rings (SSSR count). The first-order valence-electron chi connectivity index (χ1n) is 6.19. The highest BCUT2D eigenvalue weighted by molar-refractivity contribution is 8.01. The van der Waals surface area contributed by atoms with Gasteiger partial charge in [-0.05, 0) is 38.4 Å². The van der Waals surface area contributed by atoms with E-state index in [2.05, 4.69) is 0 Å². The zero-order valence-corrected chi connectivity index (χ0v) is 11.0. The van der Waals surface area contributed by atoms with Gasteiger partial charge in [0.15, 0.2) is 0 Å². The lowest BCUT2D eigenvalue weighted by Crippen LogP contribution is -2.49. The Morgan fingerprint density at radius 2 is 2.18 bits per heavy atom. The minimum atomic E-state index is -0.772. The van der Waals surface area contributed by atoms with Crippen molar-refractivity contribution in [2.75, 3.05) is 18.8 Å². The van der Waals surface area contributed by atoms with Gasteiger partial charge in [0.2, 0.25) is 5.91 Å². The van der Waals surface area contributed by atoms with Gasteiger partial charge in [-0.15, -0.1) is 11.8 Å². The SMILES string of the molecule is CC1(C(=O)N2CCC[C@H](C(=O)O)C2)CCCS1. The van der Waals surface area contributed by atoms with Crippen LogP contribution in [-0.4, -0.2) is 45.5 Å². The number of piperidine rings is 1. The van der Waals surface area contributed by atoms with Gasteiger partial charge in [-0.25, -0.2) is 0 Å². The molecule has 5 heteroatoms. The average molecular weight is 257 g/mol. The van der Waals surface area contributed by atoms with Crippen LogP contribution in [0, 0.1) is 5.92 Å². The molecule has 4 nitrogen and oxygen atoms in total. The van der Waals surface area contributed by atoms with Crippen LogP contribution >= 0.6 is 11.8 Å². The van der Waals surface area contributed by atoms with E-state index in [0.29, 0.717) is 13.0 Å². The Balaban J connectivity index is 2.01. The molecule has 0 bridgehead atoms. The van der Waals surface area contributed by atoms with Crippen molar-refractivity contribution in [3.63, 3.8) is 0 Å². The molecule has 0 aliphatic carbocycles. The lowest BCUT2D eigenvalue weighted by Gasteiger charge is -2.35. The Morgan fingerprint density at radius 1 is 1.41 bits per heavy atom. The van der Waals surface area contributed by atoms with E-state index >= 15 is 0 Å². The summed E-state index contributed by atoms with van der Waals surface area (Å²) >= 11 is 1.72. The molecule has 1 unspecified atom stereocenters. The molecule has 2 aliphatic rings. The van der Waals surface area contributed by atoms with Gasteiger partial charge >= 0.3 is 5.97 Å². The lowest BCUT2D eigenvalue weighted by molar-refractivity contribution is -0.146. The first kappa shape index (κ1) is 12.7. The van der Waals surface area contributed by atoms with Crippen LogP contribution in [0.1, 0.15) is 32.6 Å². The quantitative estimate of drug-likeness (QED) is 0.816. The highest BCUT2D eigenvalue weighted by atomic mass is 32.2. The Kier molecular flexibility index (Phi) is 3.66. The number of nitrogens with zero attached hydrogens (tertiary/aromatic N) is 1. The fourth-order valence-electron chi connectivity index (χ4n) is 2.65. The van der Waals surface area contributed by atoms with E-state index in [4.69, 9.17) is 5.11 Å².